The van der Waals surface area contributed by atoms with Gasteiger partial charge < -0.3 is 5.11 Å². The summed E-state index contributed by atoms with van der Waals surface area (Å²) < 4.78 is 31.3. The van der Waals surface area contributed by atoms with Gasteiger partial charge in [0, 0.05) is 30.1 Å². The maximum absolute atomic E-state index is 15.6. The van der Waals surface area contributed by atoms with Crippen LogP contribution in [0.1, 0.15) is 50.6 Å². The molecule has 38 heavy (non-hydrogen) atoms. The van der Waals surface area contributed by atoms with E-state index in [0.717, 1.165) is 47.8 Å². The van der Waals surface area contributed by atoms with E-state index in [4.69, 9.17) is 11.6 Å². The number of halogens is 3. The number of hydrogen-bond acceptors (Lipinski definition) is 4. The van der Waals surface area contributed by atoms with Crippen LogP contribution in [-0.4, -0.2) is 45.5 Å². The van der Waals surface area contributed by atoms with Gasteiger partial charge in [-0.2, -0.15) is 9.78 Å². The normalized spacial score (nSPS) is 16.3. The summed E-state index contributed by atoms with van der Waals surface area (Å²) in [4.78, 5) is 29.4. The van der Waals surface area contributed by atoms with Gasteiger partial charge in [0.15, 0.2) is 5.82 Å². The first kappa shape index (κ1) is 26.3. The van der Waals surface area contributed by atoms with Gasteiger partial charge in [0.25, 0.3) is 5.56 Å². The molecule has 2 fully saturated rings. The van der Waals surface area contributed by atoms with Gasteiger partial charge in [-0.1, -0.05) is 37.6 Å². The van der Waals surface area contributed by atoms with Crippen LogP contribution in [-0.2, 0) is 0 Å². The van der Waals surface area contributed by atoms with Crippen molar-refractivity contribution in [2.45, 2.75) is 51.0 Å². The molecule has 1 atom stereocenters. The topological polar surface area (TPSA) is 78.7 Å². The predicted molar refractivity (Wildman–Crippen MR) is 143 cm³/mol. The van der Waals surface area contributed by atoms with Crippen molar-refractivity contribution in [1.82, 2.24) is 14.7 Å². The highest BCUT2D eigenvalue weighted by atomic mass is 35.5. The third-order valence-electron chi connectivity index (χ3n) is 7.72. The number of hydrogen-bond donors (Lipinski definition) is 1. The molecule has 0 saturated heterocycles. The van der Waals surface area contributed by atoms with Crippen molar-refractivity contribution in [3.63, 3.8) is 0 Å². The molecule has 0 aliphatic heterocycles. The second-order valence-corrected chi connectivity index (χ2v) is 10.6. The number of nitrogens with zero attached hydrogens (tertiary/aromatic N) is 4. The number of fused-ring (bicyclic) bond motifs is 1. The van der Waals surface area contributed by atoms with Crippen LogP contribution in [0.3, 0.4) is 0 Å². The Morgan fingerprint density at radius 3 is 2.50 bits per heavy atom. The first-order valence-electron chi connectivity index (χ1n) is 12.7. The number of benzene rings is 2. The summed E-state index contributed by atoms with van der Waals surface area (Å²) in [5, 5.41) is 14.6. The lowest BCUT2D eigenvalue weighted by Gasteiger charge is -2.32. The molecule has 0 radical (unpaired) electrons. The number of amides is 2. The molecule has 0 spiro atoms. The van der Waals surface area contributed by atoms with E-state index in [2.05, 4.69) is 11.7 Å². The lowest BCUT2D eigenvalue weighted by atomic mass is 9.75. The Kier molecular flexibility index (Phi) is 7.00. The minimum Gasteiger partial charge on any atom is -0.390 e. The first-order valence-corrected chi connectivity index (χ1v) is 13.1. The molecule has 2 amide bonds. The predicted octanol–water partition coefficient (Wildman–Crippen LogP) is 5.75. The van der Waals surface area contributed by atoms with Crippen molar-refractivity contribution in [3.05, 3.63) is 75.3 Å². The van der Waals surface area contributed by atoms with E-state index in [1.165, 1.54) is 36.2 Å². The van der Waals surface area contributed by atoms with Crippen molar-refractivity contribution < 1.29 is 18.7 Å². The van der Waals surface area contributed by atoms with E-state index in [0.29, 0.717) is 17.0 Å². The Hall–Kier alpha value is -3.30. The van der Waals surface area contributed by atoms with Crippen molar-refractivity contribution in [2.75, 3.05) is 18.6 Å². The fourth-order valence-electron chi connectivity index (χ4n) is 5.09. The Bertz CT molecular complexity index is 1480. The van der Waals surface area contributed by atoms with Crippen LogP contribution < -0.4 is 10.5 Å². The number of aliphatic hydroxyl groups is 1. The second-order valence-electron chi connectivity index (χ2n) is 10.2. The summed E-state index contributed by atoms with van der Waals surface area (Å²) in [5.74, 6) is -1.32. The summed E-state index contributed by atoms with van der Waals surface area (Å²) in [7, 11) is 1.44. The summed E-state index contributed by atoms with van der Waals surface area (Å²) in [6.45, 7) is 5.37. The third-order valence-corrected chi connectivity index (χ3v) is 8.03. The second kappa shape index (κ2) is 10.1. The van der Waals surface area contributed by atoms with Crippen LogP contribution in [0.4, 0.5) is 19.3 Å². The van der Waals surface area contributed by atoms with Crippen LogP contribution in [0.15, 0.2) is 47.4 Å². The molecular formula is C28H29ClF2N4O3. The number of rotatable bonds is 7. The Balaban J connectivity index is 1.69. The van der Waals surface area contributed by atoms with Crippen LogP contribution >= 0.6 is 11.6 Å². The van der Waals surface area contributed by atoms with Crippen molar-refractivity contribution >= 4 is 34.1 Å². The number of carbonyl (C=O) groups is 1. The molecule has 3 aromatic rings. The number of aliphatic hydroxyl groups excluding tert-OH is 1. The maximum atomic E-state index is 15.6. The maximum Gasteiger partial charge on any atom is 0.328 e. The van der Waals surface area contributed by atoms with Gasteiger partial charge in [0.2, 0.25) is 0 Å². The third kappa shape index (κ3) is 4.47. The molecule has 2 saturated carbocycles. The first-order chi connectivity index (χ1) is 18.1. The highest BCUT2D eigenvalue weighted by molar-refractivity contribution is 6.32. The monoisotopic (exact) mass is 542 g/mol. The van der Waals surface area contributed by atoms with Gasteiger partial charge in [0.1, 0.15) is 11.5 Å². The number of urea groups is 1. The number of aromatic nitrogens is 2. The van der Waals surface area contributed by atoms with Gasteiger partial charge in [0.05, 0.1) is 28.4 Å². The van der Waals surface area contributed by atoms with Crippen LogP contribution in [0.25, 0.3) is 16.5 Å². The molecular weight excluding hydrogens is 514 g/mol. The summed E-state index contributed by atoms with van der Waals surface area (Å²) in [5.41, 5.74) is -0.212. The molecule has 5 rings (SSSR count). The van der Waals surface area contributed by atoms with Crippen molar-refractivity contribution in [3.8, 4) is 5.69 Å². The molecule has 2 aliphatic carbocycles. The SMILES string of the molecule is C=C(CO)N(C(=O)N(C)c1cc2c(C(C)C3CCC3)nn(-c3c(F)cccc3Cl)c(=O)c2cc1F)C1CC1. The molecule has 0 bridgehead atoms. The van der Waals surface area contributed by atoms with Crippen LogP contribution in [0.5, 0.6) is 0 Å². The van der Waals surface area contributed by atoms with Gasteiger partial charge in [-0.3, -0.25) is 14.6 Å². The average Bonchev–Trinajstić information content (AvgIpc) is 3.68. The van der Waals surface area contributed by atoms with Crippen LogP contribution in [0.2, 0.25) is 5.02 Å². The molecule has 10 heteroatoms. The minimum absolute atomic E-state index is 0.00731. The summed E-state index contributed by atoms with van der Waals surface area (Å²) >= 11 is 6.26. The average molecular weight is 543 g/mol. The van der Waals surface area contributed by atoms with E-state index in [9.17, 15) is 19.1 Å². The lowest BCUT2D eigenvalue weighted by molar-refractivity contribution is 0.205. The fourth-order valence-corrected chi connectivity index (χ4v) is 5.34. The van der Waals surface area contributed by atoms with Gasteiger partial charge in [-0.25, -0.2) is 13.6 Å². The Morgan fingerprint density at radius 2 is 1.92 bits per heavy atom. The zero-order chi connectivity index (χ0) is 27.3. The molecule has 2 aliphatic rings. The molecule has 200 valence electrons. The van der Waals surface area contributed by atoms with Gasteiger partial charge in [-0.05, 0) is 55.9 Å². The van der Waals surface area contributed by atoms with E-state index in [1.54, 1.807) is 0 Å². The zero-order valence-electron chi connectivity index (χ0n) is 21.3. The number of carbonyl (C=O) groups excluding carboxylic acids is 1. The molecule has 2 aromatic carbocycles. The molecule has 1 N–H and O–H groups in total. The number of para-hydroxylation sites is 1. The van der Waals surface area contributed by atoms with Crippen molar-refractivity contribution in [2.24, 2.45) is 5.92 Å². The molecule has 1 aromatic heterocycles. The molecule has 7 nitrogen and oxygen atoms in total. The Labute approximate surface area is 223 Å². The largest absolute Gasteiger partial charge is 0.390 e. The van der Waals surface area contributed by atoms with E-state index in [1.807, 2.05) is 6.92 Å². The summed E-state index contributed by atoms with van der Waals surface area (Å²) in [6, 6.07) is 5.98. The van der Waals surface area contributed by atoms with E-state index < -0.39 is 29.8 Å². The van der Waals surface area contributed by atoms with Gasteiger partial charge >= 0.3 is 6.03 Å². The molecule has 1 unspecified atom stereocenters. The minimum atomic E-state index is -0.796. The molecule has 1 heterocycles. The quantitative estimate of drug-likeness (QED) is 0.412. The summed E-state index contributed by atoms with van der Waals surface area (Å²) in [6.07, 6.45) is 4.58. The van der Waals surface area contributed by atoms with Crippen molar-refractivity contribution in [1.29, 1.82) is 0 Å². The standard InChI is InChI=1S/C28H29ClF2N4O3/c1-15(14-36)34(18-10-11-18)28(38)33(3)24-13-19-20(12-23(24)31)27(37)35(26-21(29)8-5-9-22(26)30)32-25(19)16(2)17-6-4-7-17/h5,8-9,12-13,16-18,36H,1,4,6-7,10-11,14H2,2-3H3. The van der Waals surface area contributed by atoms with E-state index >= 15 is 4.39 Å². The fraction of sp³-hybridized carbons (Fsp3) is 0.393. The lowest BCUT2D eigenvalue weighted by Crippen LogP contribution is -2.43. The Morgan fingerprint density at radius 1 is 1.21 bits per heavy atom. The highest BCUT2D eigenvalue weighted by Gasteiger charge is 2.37. The number of anilines is 1. The highest BCUT2D eigenvalue weighted by Crippen LogP contribution is 2.41. The van der Waals surface area contributed by atoms with Crippen LogP contribution in [0, 0.1) is 17.6 Å². The van der Waals surface area contributed by atoms with E-state index in [-0.39, 0.29) is 39.4 Å². The zero-order valence-corrected chi connectivity index (χ0v) is 22.0. The van der Waals surface area contributed by atoms with Gasteiger partial charge in [-0.15, -0.1) is 0 Å². The smallest absolute Gasteiger partial charge is 0.328 e.